The third kappa shape index (κ3) is 2.78. The van der Waals surface area contributed by atoms with Gasteiger partial charge in [0.15, 0.2) is 0 Å². The Morgan fingerprint density at radius 3 is 2.71 bits per heavy atom. The van der Waals surface area contributed by atoms with Crippen molar-refractivity contribution in [1.29, 1.82) is 0 Å². The van der Waals surface area contributed by atoms with Crippen LogP contribution < -0.4 is 4.74 Å². The first-order chi connectivity index (χ1) is 8.20. The first-order valence-electron chi connectivity index (χ1n) is 6.11. The van der Waals surface area contributed by atoms with Crippen LogP contribution in [0.15, 0.2) is 18.2 Å². The first-order valence-corrected chi connectivity index (χ1v) is 6.11. The number of carboxylic acids is 1. The van der Waals surface area contributed by atoms with Crippen molar-refractivity contribution in [3.8, 4) is 5.75 Å². The summed E-state index contributed by atoms with van der Waals surface area (Å²) in [6.07, 6.45) is 6.21. The summed E-state index contributed by atoms with van der Waals surface area (Å²) in [5, 5.41) is 8.92. The molecule has 0 spiro atoms. The molecule has 2 rings (SSSR count). The van der Waals surface area contributed by atoms with Crippen LogP contribution in [0.1, 0.15) is 41.6 Å². The predicted molar refractivity (Wildman–Crippen MR) is 65.6 cm³/mol. The summed E-state index contributed by atoms with van der Waals surface area (Å²) in [7, 11) is 1.60. The van der Waals surface area contributed by atoms with Crippen LogP contribution >= 0.6 is 0 Å². The molecule has 1 aliphatic rings. The largest absolute Gasteiger partial charge is 0.496 e. The number of hydrogen-bond donors (Lipinski definition) is 1. The Bertz CT molecular complexity index is 406. The molecule has 0 atom stereocenters. The molecule has 17 heavy (non-hydrogen) atoms. The van der Waals surface area contributed by atoms with Crippen LogP contribution in [-0.4, -0.2) is 18.2 Å². The normalized spacial score (nSPS) is 16.1. The molecule has 0 bridgehead atoms. The van der Waals surface area contributed by atoms with Gasteiger partial charge >= 0.3 is 5.97 Å². The van der Waals surface area contributed by atoms with Crippen molar-refractivity contribution in [3.63, 3.8) is 0 Å². The molecule has 0 aliphatic heterocycles. The van der Waals surface area contributed by atoms with E-state index < -0.39 is 5.97 Å². The molecular weight excluding hydrogens is 216 g/mol. The molecule has 0 radical (unpaired) electrons. The van der Waals surface area contributed by atoms with Crippen LogP contribution in [-0.2, 0) is 6.42 Å². The van der Waals surface area contributed by atoms with Crippen molar-refractivity contribution in [2.45, 2.75) is 32.1 Å². The molecule has 1 N–H and O–H groups in total. The lowest BCUT2D eigenvalue weighted by Gasteiger charge is -2.13. The predicted octanol–water partition coefficient (Wildman–Crippen LogP) is 3.13. The van der Waals surface area contributed by atoms with Gasteiger partial charge in [0.2, 0.25) is 0 Å². The molecule has 3 nitrogen and oxygen atoms in total. The maximum atomic E-state index is 10.9. The van der Waals surface area contributed by atoms with E-state index in [1.807, 2.05) is 6.07 Å². The summed E-state index contributed by atoms with van der Waals surface area (Å²) in [5.74, 6) is 0.534. The van der Waals surface area contributed by atoms with Gasteiger partial charge in [0, 0.05) is 0 Å². The fraction of sp³-hybridized carbons (Fsp3) is 0.500. The van der Waals surface area contributed by atoms with Crippen molar-refractivity contribution < 1.29 is 14.6 Å². The van der Waals surface area contributed by atoms with Crippen LogP contribution in [0.25, 0.3) is 0 Å². The van der Waals surface area contributed by atoms with Gasteiger partial charge in [-0.05, 0) is 30.0 Å². The lowest BCUT2D eigenvalue weighted by atomic mass is 9.96. The average molecular weight is 234 g/mol. The second-order valence-corrected chi connectivity index (χ2v) is 4.69. The van der Waals surface area contributed by atoms with Crippen molar-refractivity contribution in [3.05, 3.63) is 29.3 Å². The zero-order valence-electron chi connectivity index (χ0n) is 10.1. The lowest BCUT2D eigenvalue weighted by molar-refractivity contribution is 0.0696. The molecule has 1 aromatic rings. The SMILES string of the molecule is COc1cc(C(=O)O)ccc1CC1CCCC1. The smallest absolute Gasteiger partial charge is 0.335 e. The van der Waals surface area contributed by atoms with Crippen LogP contribution in [0, 0.1) is 5.92 Å². The number of carbonyl (C=O) groups is 1. The van der Waals surface area contributed by atoms with Gasteiger partial charge < -0.3 is 9.84 Å². The fourth-order valence-corrected chi connectivity index (χ4v) is 2.57. The highest BCUT2D eigenvalue weighted by Crippen LogP contribution is 2.31. The van der Waals surface area contributed by atoms with Gasteiger partial charge in [-0.25, -0.2) is 4.79 Å². The van der Waals surface area contributed by atoms with Crippen LogP contribution in [0.2, 0.25) is 0 Å². The van der Waals surface area contributed by atoms with Gasteiger partial charge in [-0.2, -0.15) is 0 Å². The van der Waals surface area contributed by atoms with E-state index in [-0.39, 0.29) is 5.56 Å². The molecule has 0 unspecified atom stereocenters. The Kier molecular flexibility index (Phi) is 3.67. The summed E-state index contributed by atoms with van der Waals surface area (Å²) in [6.45, 7) is 0. The molecule has 0 aromatic heterocycles. The van der Waals surface area contributed by atoms with E-state index in [1.54, 1.807) is 19.2 Å². The average Bonchev–Trinajstić information content (AvgIpc) is 2.82. The highest BCUT2D eigenvalue weighted by molar-refractivity contribution is 5.88. The Hall–Kier alpha value is -1.51. The van der Waals surface area contributed by atoms with Gasteiger partial charge in [0.05, 0.1) is 12.7 Å². The summed E-state index contributed by atoms with van der Waals surface area (Å²) < 4.78 is 5.28. The summed E-state index contributed by atoms with van der Waals surface area (Å²) in [5.41, 5.74) is 1.42. The monoisotopic (exact) mass is 234 g/mol. The molecule has 0 saturated heterocycles. The Morgan fingerprint density at radius 2 is 2.12 bits per heavy atom. The molecule has 0 heterocycles. The minimum Gasteiger partial charge on any atom is -0.496 e. The number of hydrogen-bond acceptors (Lipinski definition) is 2. The number of ether oxygens (including phenoxy) is 1. The number of methoxy groups -OCH3 is 1. The molecule has 3 heteroatoms. The van der Waals surface area contributed by atoms with Crippen molar-refractivity contribution >= 4 is 5.97 Å². The van der Waals surface area contributed by atoms with E-state index in [2.05, 4.69) is 0 Å². The van der Waals surface area contributed by atoms with E-state index in [0.29, 0.717) is 5.75 Å². The van der Waals surface area contributed by atoms with E-state index in [9.17, 15) is 4.79 Å². The minimum atomic E-state index is -0.907. The van der Waals surface area contributed by atoms with Gasteiger partial charge in [0.1, 0.15) is 5.75 Å². The molecular formula is C14H18O3. The molecule has 1 saturated carbocycles. The van der Waals surface area contributed by atoms with Crippen molar-refractivity contribution in [2.75, 3.05) is 7.11 Å². The van der Waals surface area contributed by atoms with Crippen LogP contribution in [0.4, 0.5) is 0 Å². The molecule has 1 fully saturated rings. The van der Waals surface area contributed by atoms with E-state index in [0.717, 1.165) is 17.9 Å². The van der Waals surface area contributed by atoms with E-state index in [1.165, 1.54) is 25.7 Å². The lowest BCUT2D eigenvalue weighted by Crippen LogP contribution is -2.03. The maximum absolute atomic E-state index is 10.9. The maximum Gasteiger partial charge on any atom is 0.335 e. The van der Waals surface area contributed by atoms with Crippen LogP contribution in [0.3, 0.4) is 0 Å². The van der Waals surface area contributed by atoms with Gasteiger partial charge in [-0.1, -0.05) is 31.7 Å². The molecule has 0 amide bonds. The van der Waals surface area contributed by atoms with E-state index in [4.69, 9.17) is 9.84 Å². The highest BCUT2D eigenvalue weighted by atomic mass is 16.5. The van der Waals surface area contributed by atoms with Crippen molar-refractivity contribution in [2.24, 2.45) is 5.92 Å². The summed E-state index contributed by atoms with van der Waals surface area (Å²) in [6, 6.07) is 5.17. The first kappa shape index (κ1) is 12.0. The number of benzene rings is 1. The zero-order chi connectivity index (χ0) is 12.3. The third-order valence-electron chi connectivity index (χ3n) is 3.52. The second-order valence-electron chi connectivity index (χ2n) is 4.69. The van der Waals surface area contributed by atoms with Crippen molar-refractivity contribution in [1.82, 2.24) is 0 Å². The van der Waals surface area contributed by atoms with Gasteiger partial charge in [0.25, 0.3) is 0 Å². The Labute approximate surface area is 101 Å². The minimum absolute atomic E-state index is 0.289. The second kappa shape index (κ2) is 5.21. The fourth-order valence-electron chi connectivity index (χ4n) is 2.57. The number of aromatic carboxylic acids is 1. The van der Waals surface area contributed by atoms with Crippen LogP contribution in [0.5, 0.6) is 5.75 Å². The topological polar surface area (TPSA) is 46.5 Å². The number of rotatable bonds is 4. The quantitative estimate of drug-likeness (QED) is 0.870. The highest BCUT2D eigenvalue weighted by Gasteiger charge is 2.18. The Balaban J connectivity index is 2.18. The summed E-state index contributed by atoms with van der Waals surface area (Å²) in [4.78, 5) is 10.9. The standard InChI is InChI=1S/C14H18O3/c1-17-13-9-12(14(15)16)7-6-11(13)8-10-4-2-3-5-10/h6-7,9-10H,2-5,8H2,1H3,(H,15,16). The number of carboxylic acid groups (broad SMARTS) is 1. The molecule has 1 aliphatic carbocycles. The molecule has 1 aromatic carbocycles. The zero-order valence-corrected chi connectivity index (χ0v) is 10.1. The third-order valence-corrected chi connectivity index (χ3v) is 3.52. The van der Waals surface area contributed by atoms with E-state index >= 15 is 0 Å². The molecule has 92 valence electrons. The summed E-state index contributed by atoms with van der Waals surface area (Å²) >= 11 is 0. The Morgan fingerprint density at radius 1 is 1.41 bits per heavy atom. The van der Waals surface area contributed by atoms with Gasteiger partial charge in [-0.3, -0.25) is 0 Å². The van der Waals surface area contributed by atoms with Gasteiger partial charge in [-0.15, -0.1) is 0 Å².